The summed E-state index contributed by atoms with van der Waals surface area (Å²) in [6, 6.07) is 0. The van der Waals surface area contributed by atoms with Crippen molar-refractivity contribution in [3.8, 4) is 0 Å². The number of aliphatic imine (C=N–C) groups is 1. The van der Waals surface area contributed by atoms with Crippen LogP contribution in [0.1, 0.15) is 26.2 Å². The molecule has 2 heterocycles. The molecule has 3 aliphatic rings. The van der Waals surface area contributed by atoms with Crippen LogP contribution in [-0.2, 0) is 9.53 Å². The van der Waals surface area contributed by atoms with Gasteiger partial charge in [0.15, 0.2) is 5.17 Å². The lowest BCUT2D eigenvalue weighted by Gasteiger charge is -2.27. The average Bonchev–Trinajstić information content (AvgIpc) is 2.88. The van der Waals surface area contributed by atoms with Crippen molar-refractivity contribution in [2.75, 3.05) is 19.7 Å². The van der Waals surface area contributed by atoms with Gasteiger partial charge >= 0.3 is 5.97 Å². The van der Waals surface area contributed by atoms with Crippen molar-refractivity contribution in [1.82, 2.24) is 4.90 Å². The monoisotopic (exact) mass is 252 g/mol. The summed E-state index contributed by atoms with van der Waals surface area (Å²) in [5, 5.41) is 1.09. The molecule has 5 heteroatoms. The van der Waals surface area contributed by atoms with Gasteiger partial charge in [0, 0.05) is 17.1 Å². The Labute approximate surface area is 105 Å². The third-order valence-corrected chi connectivity index (χ3v) is 4.58. The van der Waals surface area contributed by atoms with Crippen molar-refractivity contribution in [1.29, 1.82) is 0 Å². The van der Waals surface area contributed by atoms with E-state index in [-0.39, 0.29) is 11.9 Å². The number of amidine groups is 1. The lowest BCUT2D eigenvalue weighted by Crippen LogP contribution is -2.32. The highest BCUT2D eigenvalue weighted by atomic mass is 32.2. The molecule has 4 nitrogen and oxygen atoms in total. The van der Waals surface area contributed by atoms with Crippen molar-refractivity contribution >= 4 is 22.9 Å². The minimum Gasteiger partial charge on any atom is -0.465 e. The number of fused-ring (bicyclic) bond motifs is 2. The van der Waals surface area contributed by atoms with Gasteiger partial charge in [-0.15, -0.1) is 0 Å². The zero-order valence-corrected chi connectivity index (χ0v) is 10.8. The van der Waals surface area contributed by atoms with Crippen molar-refractivity contribution in [2.24, 2.45) is 10.9 Å². The van der Waals surface area contributed by atoms with Crippen LogP contribution in [0.2, 0.25) is 0 Å². The molecular formula is C12H16N2O2S. The van der Waals surface area contributed by atoms with Crippen LogP contribution in [0.4, 0.5) is 0 Å². The van der Waals surface area contributed by atoms with Crippen LogP contribution in [0.5, 0.6) is 0 Å². The fourth-order valence-corrected chi connectivity index (χ4v) is 3.97. The van der Waals surface area contributed by atoms with Gasteiger partial charge in [-0.3, -0.25) is 9.79 Å². The Morgan fingerprint density at radius 3 is 3.35 bits per heavy atom. The normalized spacial score (nSPS) is 26.8. The van der Waals surface area contributed by atoms with Crippen molar-refractivity contribution < 1.29 is 9.53 Å². The highest BCUT2D eigenvalue weighted by Crippen LogP contribution is 2.46. The van der Waals surface area contributed by atoms with Gasteiger partial charge in [0.2, 0.25) is 0 Å². The SMILES string of the molecule is CCOC(=O)[C@H]1CCCC2=C1N1CCN=C1S2. The number of hydrogen-bond donors (Lipinski definition) is 0. The van der Waals surface area contributed by atoms with E-state index < -0.39 is 0 Å². The number of carbonyl (C=O) groups is 1. The average molecular weight is 252 g/mol. The smallest absolute Gasteiger partial charge is 0.314 e. The lowest BCUT2D eigenvalue weighted by atomic mass is 9.91. The predicted molar refractivity (Wildman–Crippen MR) is 67.6 cm³/mol. The number of esters is 1. The van der Waals surface area contributed by atoms with Crippen molar-refractivity contribution in [3.63, 3.8) is 0 Å². The van der Waals surface area contributed by atoms with E-state index in [1.807, 2.05) is 6.92 Å². The van der Waals surface area contributed by atoms with Crippen LogP contribution < -0.4 is 0 Å². The van der Waals surface area contributed by atoms with Crippen LogP contribution in [0, 0.1) is 5.92 Å². The molecule has 1 atom stereocenters. The first kappa shape index (κ1) is 11.1. The van der Waals surface area contributed by atoms with Gasteiger partial charge < -0.3 is 9.64 Å². The van der Waals surface area contributed by atoms with Crippen LogP contribution in [0.25, 0.3) is 0 Å². The molecule has 3 rings (SSSR count). The van der Waals surface area contributed by atoms with Gasteiger partial charge in [-0.05, 0) is 26.2 Å². The molecule has 0 bridgehead atoms. The maximum atomic E-state index is 12.0. The molecule has 1 aliphatic carbocycles. The van der Waals surface area contributed by atoms with E-state index in [0.717, 1.165) is 37.5 Å². The second kappa shape index (κ2) is 4.37. The summed E-state index contributed by atoms with van der Waals surface area (Å²) in [6.07, 6.45) is 3.09. The first-order valence-electron chi connectivity index (χ1n) is 6.20. The molecule has 0 amide bonds. The number of ether oxygens (including phenoxy) is 1. The number of nitrogens with zero attached hydrogens (tertiary/aromatic N) is 2. The van der Waals surface area contributed by atoms with Gasteiger partial charge in [0.25, 0.3) is 0 Å². The van der Waals surface area contributed by atoms with E-state index in [0.29, 0.717) is 6.61 Å². The molecule has 0 saturated carbocycles. The van der Waals surface area contributed by atoms with Crippen molar-refractivity contribution in [2.45, 2.75) is 26.2 Å². The lowest BCUT2D eigenvalue weighted by molar-refractivity contribution is -0.147. The molecule has 17 heavy (non-hydrogen) atoms. The van der Waals surface area contributed by atoms with Gasteiger partial charge in [-0.25, -0.2) is 0 Å². The molecular weight excluding hydrogens is 236 g/mol. The third kappa shape index (κ3) is 1.76. The highest BCUT2D eigenvalue weighted by molar-refractivity contribution is 8.17. The fourth-order valence-electron chi connectivity index (χ4n) is 2.69. The van der Waals surface area contributed by atoms with E-state index in [2.05, 4.69) is 9.89 Å². The van der Waals surface area contributed by atoms with Gasteiger partial charge in [-0.2, -0.15) is 0 Å². The highest BCUT2D eigenvalue weighted by Gasteiger charge is 2.41. The van der Waals surface area contributed by atoms with Gasteiger partial charge in [0.1, 0.15) is 0 Å². The fraction of sp³-hybridized carbons (Fsp3) is 0.667. The third-order valence-electron chi connectivity index (χ3n) is 3.39. The summed E-state index contributed by atoms with van der Waals surface area (Å²) in [5.41, 5.74) is 1.19. The van der Waals surface area contributed by atoms with Crippen LogP contribution >= 0.6 is 11.8 Å². The Bertz CT molecular complexity index is 417. The molecule has 0 N–H and O–H groups in total. The molecule has 0 unspecified atom stereocenters. The summed E-state index contributed by atoms with van der Waals surface area (Å²) >= 11 is 1.75. The van der Waals surface area contributed by atoms with E-state index in [1.54, 1.807) is 11.8 Å². The molecule has 0 saturated heterocycles. The molecule has 2 aliphatic heterocycles. The van der Waals surface area contributed by atoms with Crippen molar-refractivity contribution in [3.05, 3.63) is 10.6 Å². The quantitative estimate of drug-likeness (QED) is 0.705. The number of hydrogen-bond acceptors (Lipinski definition) is 5. The molecule has 92 valence electrons. The summed E-state index contributed by atoms with van der Waals surface area (Å²) < 4.78 is 5.19. The van der Waals surface area contributed by atoms with E-state index in [1.165, 1.54) is 10.6 Å². The maximum Gasteiger partial charge on any atom is 0.314 e. The molecule has 0 aromatic heterocycles. The number of carbonyl (C=O) groups excluding carboxylic acids is 1. The largest absolute Gasteiger partial charge is 0.465 e. The number of rotatable bonds is 2. The zero-order valence-electron chi connectivity index (χ0n) is 9.94. The molecule has 0 aromatic rings. The first-order chi connectivity index (χ1) is 8.31. The maximum absolute atomic E-state index is 12.0. The Morgan fingerprint density at radius 2 is 2.53 bits per heavy atom. The Hall–Kier alpha value is -0.970. The van der Waals surface area contributed by atoms with Gasteiger partial charge in [-0.1, -0.05) is 11.8 Å². The summed E-state index contributed by atoms with van der Waals surface area (Å²) in [6.45, 7) is 4.11. The first-order valence-corrected chi connectivity index (χ1v) is 7.02. The summed E-state index contributed by atoms with van der Waals surface area (Å²) in [7, 11) is 0. The number of allylic oxidation sites excluding steroid dienone is 1. The van der Waals surface area contributed by atoms with Crippen LogP contribution in [-0.4, -0.2) is 35.7 Å². The molecule has 0 fully saturated rings. The Morgan fingerprint density at radius 1 is 1.65 bits per heavy atom. The van der Waals surface area contributed by atoms with E-state index >= 15 is 0 Å². The van der Waals surface area contributed by atoms with Crippen LogP contribution in [0.3, 0.4) is 0 Å². The second-order valence-corrected chi connectivity index (χ2v) is 5.49. The van der Waals surface area contributed by atoms with Gasteiger partial charge in [0.05, 0.1) is 19.1 Å². The second-order valence-electron chi connectivity index (χ2n) is 4.42. The minimum absolute atomic E-state index is 0.0583. The Kier molecular flexibility index (Phi) is 2.86. The zero-order chi connectivity index (χ0) is 11.8. The van der Waals surface area contributed by atoms with E-state index in [9.17, 15) is 4.79 Å². The Balaban J connectivity index is 1.88. The standard InChI is InChI=1S/C12H16N2O2S/c1-2-16-11(15)8-4-3-5-9-10(8)14-7-6-13-12(14)17-9/h8H,2-7H2,1H3/t8-/m0/s1. The molecule has 0 spiro atoms. The number of thioether (sulfide) groups is 1. The minimum atomic E-state index is -0.0616. The summed E-state index contributed by atoms with van der Waals surface area (Å²) in [4.78, 5) is 20.0. The topological polar surface area (TPSA) is 41.9 Å². The molecule has 0 aromatic carbocycles. The van der Waals surface area contributed by atoms with E-state index in [4.69, 9.17) is 4.74 Å². The summed E-state index contributed by atoms with van der Waals surface area (Å²) in [5.74, 6) is -0.120. The predicted octanol–water partition coefficient (Wildman–Crippen LogP) is 1.98. The van der Waals surface area contributed by atoms with Crippen LogP contribution in [0.15, 0.2) is 15.6 Å². The molecule has 0 radical (unpaired) electrons.